The van der Waals surface area contributed by atoms with Gasteiger partial charge in [0.1, 0.15) is 0 Å². The van der Waals surface area contributed by atoms with Crippen LogP contribution in [0.5, 0.6) is 0 Å². The van der Waals surface area contributed by atoms with Gasteiger partial charge in [-0.1, -0.05) is 26.0 Å². The van der Waals surface area contributed by atoms with Crippen molar-refractivity contribution in [1.29, 1.82) is 0 Å². The summed E-state index contributed by atoms with van der Waals surface area (Å²) in [7, 11) is 0. The molecule has 1 aliphatic rings. The molecule has 1 fully saturated rings. The second-order valence-electron chi connectivity index (χ2n) is 5.98. The summed E-state index contributed by atoms with van der Waals surface area (Å²) in [6.07, 6.45) is 2.20. The van der Waals surface area contributed by atoms with E-state index >= 15 is 0 Å². The quantitative estimate of drug-likeness (QED) is 0.820. The predicted octanol–water partition coefficient (Wildman–Crippen LogP) is 2.79. The maximum absolute atomic E-state index is 12.3. The summed E-state index contributed by atoms with van der Waals surface area (Å²) in [5, 5.41) is 2.93. The number of carbonyl (C=O) groups excluding carboxylic acids is 2. The predicted molar refractivity (Wildman–Crippen MR) is 90.2 cm³/mol. The van der Waals surface area contributed by atoms with Crippen molar-refractivity contribution in [1.82, 2.24) is 10.2 Å². The Labute approximate surface area is 136 Å². The summed E-state index contributed by atoms with van der Waals surface area (Å²) < 4.78 is 0. The van der Waals surface area contributed by atoms with Crippen LogP contribution in [0.4, 0.5) is 0 Å². The highest BCUT2D eigenvalue weighted by atomic mass is 32.2. The second kappa shape index (κ2) is 8.22. The van der Waals surface area contributed by atoms with Gasteiger partial charge >= 0.3 is 0 Å². The second-order valence-corrected chi connectivity index (χ2v) is 6.99. The van der Waals surface area contributed by atoms with Gasteiger partial charge in [0, 0.05) is 24.5 Å². The summed E-state index contributed by atoms with van der Waals surface area (Å²) in [6, 6.07) is 7.49. The van der Waals surface area contributed by atoms with Gasteiger partial charge < -0.3 is 10.2 Å². The van der Waals surface area contributed by atoms with Crippen LogP contribution < -0.4 is 5.32 Å². The van der Waals surface area contributed by atoms with Gasteiger partial charge in [-0.2, -0.15) is 0 Å². The van der Waals surface area contributed by atoms with Crippen molar-refractivity contribution in [2.75, 3.05) is 25.4 Å². The number of benzene rings is 1. The lowest BCUT2D eigenvalue weighted by atomic mass is 10.2. The normalized spacial score (nSPS) is 14.4. The molecule has 0 bridgehead atoms. The van der Waals surface area contributed by atoms with Gasteiger partial charge in [0.05, 0.1) is 11.3 Å². The number of carbonyl (C=O) groups is 2. The molecule has 1 N–H and O–H groups in total. The number of hydrogen-bond donors (Lipinski definition) is 1. The Morgan fingerprint density at radius 3 is 2.59 bits per heavy atom. The van der Waals surface area contributed by atoms with Gasteiger partial charge in [-0.15, -0.1) is 11.8 Å². The van der Waals surface area contributed by atoms with E-state index in [1.165, 1.54) is 11.8 Å². The Morgan fingerprint density at radius 1 is 1.23 bits per heavy atom. The van der Waals surface area contributed by atoms with Crippen LogP contribution in [0.2, 0.25) is 0 Å². The van der Waals surface area contributed by atoms with Gasteiger partial charge in [0.15, 0.2) is 0 Å². The SMILES string of the molecule is CC(C)CNC(=O)c1ccccc1SCC(=O)N1CCCC1. The van der Waals surface area contributed by atoms with Crippen molar-refractivity contribution < 1.29 is 9.59 Å². The molecule has 1 aromatic carbocycles. The van der Waals surface area contributed by atoms with Crippen LogP contribution in [0.25, 0.3) is 0 Å². The van der Waals surface area contributed by atoms with Crippen molar-refractivity contribution in [2.24, 2.45) is 5.92 Å². The van der Waals surface area contributed by atoms with Gasteiger partial charge in [-0.25, -0.2) is 0 Å². The standard InChI is InChI=1S/C17H24N2O2S/c1-13(2)11-18-17(21)14-7-3-4-8-15(14)22-12-16(20)19-9-5-6-10-19/h3-4,7-8,13H,5-6,9-12H2,1-2H3,(H,18,21). The number of nitrogens with one attached hydrogen (secondary N) is 1. The number of hydrogen-bond acceptors (Lipinski definition) is 3. The Morgan fingerprint density at radius 2 is 1.91 bits per heavy atom. The van der Waals surface area contributed by atoms with Crippen molar-refractivity contribution in [3.63, 3.8) is 0 Å². The van der Waals surface area contributed by atoms with Crippen LogP contribution in [0.15, 0.2) is 29.2 Å². The van der Waals surface area contributed by atoms with Crippen molar-refractivity contribution in [2.45, 2.75) is 31.6 Å². The van der Waals surface area contributed by atoms with Crippen LogP contribution in [0.3, 0.4) is 0 Å². The monoisotopic (exact) mass is 320 g/mol. The van der Waals surface area contributed by atoms with Crippen LogP contribution in [0.1, 0.15) is 37.0 Å². The summed E-state index contributed by atoms with van der Waals surface area (Å²) in [6.45, 7) is 6.53. The molecule has 0 unspecified atom stereocenters. The zero-order chi connectivity index (χ0) is 15.9. The lowest BCUT2D eigenvalue weighted by Crippen LogP contribution is -2.29. The minimum absolute atomic E-state index is 0.0644. The smallest absolute Gasteiger partial charge is 0.252 e. The third-order valence-corrected chi connectivity index (χ3v) is 4.67. The Bertz CT molecular complexity index is 525. The first kappa shape index (κ1) is 16.9. The van der Waals surface area contributed by atoms with E-state index in [4.69, 9.17) is 0 Å². The number of nitrogens with zero attached hydrogens (tertiary/aromatic N) is 1. The third-order valence-electron chi connectivity index (χ3n) is 3.61. The molecule has 1 heterocycles. The summed E-state index contributed by atoms with van der Waals surface area (Å²) in [4.78, 5) is 27.2. The zero-order valence-corrected chi connectivity index (χ0v) is 14.1. The average Bonchev–Trinajstić information content (AvgIpc) is 3.05. The molecule has 2 amide bonds. The Balaban J connectivity index is 1.95. The maximum Gasteiger partial charge on any atom is 0.252 e. The van der Waals surface area contributed by atoms with Crippen LogP contribution in [-0.4, -0.2) is 42.1 Å². The fourth-order valence-electron chi connectivity index (χ4n) is 2.37. The molecular weight excluding hydrogens is 296 g/mol. The van der Waals surface area contributed by atoms with Crippen LogP contribution in [0, 0.1) is 5.92 Å². The van der Waals surface area contributed by atoms with E-state index in [1.807, 2.05) is 29.2 Å². The molecule has 1 aromatic rings. The lowest BCUT2D eigenvalue weighted by molar-refractivity contribution is -0.127. The highest BCUT2D eigenvalue weighted by Gasteiger charge is 2.19. The van der Waals surface area contributed by atoms with E-state index in [1.54, 1.807) is 0 Å². The molecule has 2 rings (SSSR count). The number of thioether (sulfide) groups is 1. The molecule has 22 heavy (non-hydrogen) atoms. The number of rotatable bonds is 6. The molecule has 0 atom stereocenters. The molecule has 5 heteroatoms. The van der Waals surface area contributed by atoms with Gasteiger partial charge in [-0.3, -0.25) is 9.59 Å². The summed E-state index contributed by atoms with van der Waals surface area (Å²) >= 11 is 1.45. The first-order valence-corrected chi connectivity index (χ1v) is 8.84. The largest absolute Gasteiger partial charge is 0.352 e. The highest BCUT2D eigenvalue weighted by molar-refractivity contribution is 8.00. The summed E-state index contributed by atoms with van der Waals surface area (Å²) in [5.74, 6) is 0.917. The molecule has 0 aromatic heterocycles. The summed E-state index contributed by atoms with van der Waals surface area (Å²) in [5.41, 5.74) is 0.655. The van der Waals surface area contributed by atoms with Crippen LogP contribution in [-0.2, 0) is 4.79 Å². The molecule has 0 aliphatic carbocycles. The minimum atomic E-state index is -0.0644. The van der Waals surface area contributed by atoms with E-state index in [0.29, 0.717) is 23.8 Å². The first-order valence-electron chi connectivity index (χ1n) is 7.85. The lowest BCUT2D eigenvalue weighted by Gasteiger charge is -2.15. The van der Waals surface area contributed by atoms with Crippen molar-refractivity contribution in [3.05, 3.63) is 29.8 Å². The van der Waals surface area contributed by atoms with Gasteiger partial charge in [0.2, 0.25) is 5.91 Å². The fourth-order valence-corrected chi connectivity index (χ4v) is 3.32. The van der Waals surface area contributed by atoms with Gasteiger partial charge in [-0.05, 0) is 30.9 Å². The van der Waals surface area contributed by atoms with Crippen LogP contribution >= 0.6 is 11.8 Å². The molecule has 120 valence electrons. The fraction of sp³-hybridized carbons (Fsp3) is 0.529. The number of likely N-dealkylation sites (tertiary alicyclic amines) is 1. The topological polar surface area (TPSA) is 49.4 Å². The van der Waals surface area contributed by atoms with Crippen molar-refractivity contribution >= 4 is 23.6 Å². The molecule has 0 saturated carbocycles. The maximum atomic E-state index is 12.3. The van der Waals surface area contributed by atoms with Gasteiger partial charge in [0.25, 0.3) is 5.91 Å². The van der Waals surface area contributed by atoms with Crippen molar-refractivity contribution in [3.8, 4) is 0 Å². The third kappa shape index (κ3) is 4.77. The number of amides is 2. The molecule has 0 radical (unpaired) electrons. The Kier molecular flexibility index (Phi) is 6.31. The first-order chi connectivity index (χ1) is 10.6. The molecule has 1 saturated heterocycles. The zero-order valence-electron chi connectivity index (χ0n) is 13.3. The van der Waals surface area contributed by atoms with E-state index in [2.05, 4.69) is 19.2 Å². The molecule has 4 nitrogen and oxygen atoms in total. The molecular formula is C17H24N2O2S. The average molecular weight is 320 g/mol. The molecule has 1 aliphatic heterocycles. The highest BCUT2D eigenvalue weighted by Crippen LogP contribution is 2.23. The Hall–Kier alpha value is -1.49. The van der Waals surface area contributed by atoms with E-state index < -0.39 is 0 Å². The van der Waals surface area contributed by atoms with E-state index in [0.717, 1.165) is 30.8 Å². The molecule has 0 spiro atoms. The minimum Gasteiger partial charge on any atom is -0.352 e. The van der Waals surface area contributed by atoms with E-state index in [9.17, 15) is 9.59 Å². The van der Waals surface area contributed by atoms with E-state index in [-0.39, 0.29) is 11.8 Å².